The molecule has 1 rings (SSSR count). The second kappa shape index (κ2) is 7.33. The van der Waals surface area contributed by atoms with Crippen LogP contribution in [-0.2, 0) is 4.79 Å². The Labute approximate surface area is 114 Å². The maximum atomic E-state index is 11.9. The number of carboxylic acids is 1. The molecule has 1 saturated heterocycles. The Morgan fingerprint density at radius 3 is 2.47 bits per heavy atom. The molecule has 0 aromatic rings. The van der Waals surface area contributed by atoms with E-state index in [0.29, 0.717) is 0 Å². The van der Waals surface area contributed by atoms with Crippen LogP contribution >= 0.6 is 0 Å². The summed E-state index contributed by atoms with van der Waals surface area (Å²) in [6, 6.07) is -0.951. The highest BCUT2D eigenvalue weighted by atomic mass is 16.4. The van der Waals surface area contributed by atoms with Crippen LogP contribution in [0.3, 0.4) is 0 Å². The summed E-state index contributed by atoms with van der Waals surface area (Å²) < 4.78 is 0. The van der Waals surface area contributed by atoms with Crippen molar-refractivity contribution in [3.63, 3.8) is 0 Å². The van der Waals surface area contributed by atoms with Crippen LogP contribution in [0.15, 0.2) is 0 Å². The summed E-state index contributed by atoms with van der Waals surface area (Å²) >= 11 is 0. The third kappa shape index (κ3) is 4.70. The molecule has 0 aromatic carbocycles. The Morgan fingerprint density at radius 2 is 2.00 bits per heavy atom. The highest BCUT2D eigenvalue weighted by molar-refractivity contribution is 5.82. The van der Waals surface area contributed by atoms with Gasteiger partial charge < -0.3 is 20.2 Å². The molecule has 1 unspecified atom stereocenters. The molecule has 2 N–H and O–H groups in total. The third-order valence-corrected chi connectivity index (χ3v) is 3.71. The lowest BCUT2D eigenvalue weighted by Gasteiger charge is -2.33. The fourth-order valence-electron chi connectivity index (χ4n) is 2.24. The van der Waals surface area contributed by atoms with Crippen LogP contribution in [0.1, 0.15) is 33.1 Å². The van der Waals surface area contributed by atoms with Crippen molar-refractivity contribution in [2.45, 2.75) is 45.2 Å². The molecule has 110 valence electrons. The molecule has 6 nitrogen and oxygen atoms in total. The van der Waals surface area contributed by atoms with Gasteiger partial charge in [0, 0.05) is 26.2 Å². The lowest BCUT2D eigenvalue weighted by molar-refractivity contribution is -0.141. The molecule has 0 saturated carbocycles. The number of piperidine rings is 1. The van der Waals surface area contributed by atoms with Crippen molar-refractivity contribution >= 4 is 12.0 Å². The summed E-state index contributed by atoms with van der Waals surface area (Å²) in [5.74, 6) is -0.990. The van der Waals surface area contributed by atoms with Gasteiger partial charge in [0.2, 0.25) is 0 Å². The first-order valence-electron chi connectivity index (χ1n) is 6.94. The van der Waals surface area contributed by atoms with E-state index in [1.807, 2.05) is 0 Å². The first-order chi connectivity index (χ1) is 8.95. The Bertz CT molecular complexity index is 314. The van der Waals surface area contributed by atoms with E-state index in [9.17, 15) is 9.59 Å². The fourth-order valence-corrected chi connectivity index (χ4v) is 2.24. The quantitative estimate of drug-likeness (QED) is 0.781. The number of nitrogens with zero attached hydrogens (tertiary/aromatic N) is 2. The zero-order valence-electron chi connectivity index (χ0n) is 12.1. The third-order valence-electron chi connectivity index (χ3n) is 3.71. The number of likely N-dealkylation sites (tertiary alicyclic amines) is 1. The number of carbonyl (C=O) groups excluding carboxylic acids is 1. The van der Waals surface area contributed by atoms with Crippen molar-refractivity contribution in [2.24, 2.45) is 0 Å². The molecule has 6 heteroatoms. The number of amides is 2. The van der Waals surface area contributed by atoms with Crippen LogP contribution in [0.2, 0.25) is 0 Å². The van der Waals surface area contributed by atoms with Crippen LogP contribution in [0.25, 0.3) is 0 Å². The summed E-state index contributed by atoms with van der Waals surface area (Å²) in [6.07, 6.45) is 3.01. The summed E-state index contributed by atoms with van der Waals surface area (Å²) in [7, 11) is 1.51. The lowest BCUT2D eigenvalue weighted by Crippen LogP contribution is -2.51. The van der Waals surface area contributed by atoms with Crippen molar-refractivity contribution < 1.29 is 14.7 Å². The Kier molecular flexibility index (Phi) is 6.08. The van der Waals surface area contributed by atoms with Gasteiger partial charge in [0.15, 0.2) is 0 Å². The second-order valence-corrected chi connectivity index (χ2v) is 5.19. The molecule has 1 fully saturated rings. The average Bonchev–Trinajstić information content (AvgIpc) is 2.39. The van der Waals surface area contributed by atoms with Crippen LogP contribution < -0.4 is 5.32 Å². The zero-order valence-corrected chi connectivity index (χ0v) is 12.1. The lowest BCUT2D eigenvalue weighted by atomic mass is 10.1. The Balaban J connectivity index is 2.36. The zero-order chi connectivity index (χ0) is 14.4. The summed E-state index contributed by atoms with van der Waals surface area (Å²) in [5.41, 5.74) is 0. The first-order valence-corrected chi connectivity index (χ1v) is 6.94. The molecule has 1 atom stereocenters. The standard InChI is InChI=1S/C13H25N3O3/c1-4-7-16-8-5-11(6-9-16)14-13(19)15(3)10(2)12(17)18/h10-11H,4-9H2,1-3H3,(H,14,19)(H,17,18). The predicted octanol–water partition coefficient (Wildman–Crippen LogP) is 0.975. The molecule has 0 aliphatic carbocycles. The maximum absolute atomic E-state index is 11.9. The largest absolute Gasteiger partial charge is 0.480 e. The van der Waals surface area contributed by atoms with E-state index in [4.69, 9.17) is 5.11 Å². The van der Waals surface area contributed by atoms with Gasteiger partial charge >= 0.3 is 12.0 Å². The van der Waals surface area contributed by atoms with E-state index in [1.165, 1.54) is 18.9 Å². The van der Waals surface area contributed by atoms with Gasteiger partial charge in [0.05, 0.1) is 0 Å². The van der Waals surface area contributed by atoms with E-state index in [1.54, 1.807) is 0 Å². The van der Waals surface area contributed by atoms with E-state index in [0.717, 1.165) is 38.9 Å². The normalized spacial score (nSPS) is 18.9. The number of nitrogens with one attached hydrogen (secondary N) is 1. The van der Waals surface area contributed by atoms with E-state index < -0.39 is 12.0 Å². The van der Waals surface area contributed by atoms with Crippen LogP contribution in [0.4, 0.5) is 4.79 Å². The molecule has 0 bridgehead atoms. The van der Waals surface area contributed by atoms with Crippen LogP contribution in [0, 0.1) is 0 Å². The fraction of sp³-hybridized carbons (Fsp3) is 0.846. The molecular weight excluding hydrogens is 246 g/mol. The summed E-state index contributed by atoms with van der Waals surface area (Å²) in [6.45, 7) is 6.77. The van der Waals surface area contributed by atoms with Crippen LogP contribution in [0.5, 0.6) is 0 Å². The second-order valence-electron chi connectivity index (χ2n) is 5.19. The highest BCUT2D eigenvalue weighted by Gasteiger charge is 2.25. The average molecular weight is 271 g/mol. The van der Waals surface area contributed by atoms with Crippen molar-refractivity contribution in [3.8, 4) is 0 Å². The minimum Gasteiger partial charge on any atom is -0.480 e. The van der Waals surface area contributed by atoms with E-state index in [-0.39, 0.29) is 12.1 Å². The van der Waals surface area contributed by atoms with Gasteiger partial charge in [-0.2, -0.15) is 0 Å². The van der Waals surface area contributed by atoms with Crippen molar-refractivity contribution in [1.82, 2.24) is 15.1 Å². The molecule has 1 aliphatic rings. The molecule has 19 heavy (non-hydrogen) atoms. The van der Waals surface area contributed by atoms with Gasteiger partial charge in [0.25, 0.3) is 0 Å². The molecule has 1 aliphatic heterocycles. The topological polar surface area (TPSA) is 72.9 Å². The van der Waals surface area contributed by atoms with E-state index >= 15 is 0 Å². The summed E-state index contributed by atoms with van der Waals surface area (Å²) in [4.78, 5) is 26.4. The smallest absolute Gasteiger partial charge is 0.326 e. The number of rotatable bonds is 5. The number of urea groups is 1. The van der Waals surface area contributed by atoms with Crippen LogP contribution in [-0.4, -0.2) is 65.7 Å². The SMILES string of the molecule is CCCN1CCC(NC(=O)N(C)C(C)C(=O)O)CC1. The monoisotopic (exact) mass is 271 g/mol. The number of hydrogen-bond donors (Lipinski definition) is 2. The number of likely N-dealkylation sites (N-methyl/N-ethyl adjacent to an activating group) is 1. The number of carbonyl (C=O) groups is 2. The van der Waals surface area contributed by atoms with Crippen molar-refractivity contribution in [1.29, 1.82) is 0 Å². The first kappa shape index (κ1) is 15.8. The Hall–Kier alpha value is -1.30. The van der Waals surface area contributed by atoms with Gasteiger partial charge in [-0.25, -0.2) is 9.59 Å². The van der Waals surface area contributed by atoms with Gasteiger partial charge in [-0.05, 0) is 32.7 Å². The van der Waals surface area contributed by atoms with Gasteiger partial charge in [-0.15, -0.1) is 0 Å². The predicted molar refractivity (Wildman–Crippen MR) is 73.1 cm³/mol. The molecule has 2 amide bonds. The number of aliphatic carboxylic acids is 1. The Morgan fingerprint density at radius 1 is 1.42 bits per heavy atom. The van der Waals surface area contributed by atoms with Gasteiger partial charge in [-0.3, -0.25) is 0 Å². The molecule has 0 aromatic heterocycles. The van der Waals surface area contributed by atoms with Gasteiger partial charge in [0.1, 0.15) is 6.04 Å². The molecular formula is C13H25N3O3. The van der Waals surface area contributed by atoms with Crippen molar-refractivity contribution in [2.75, 3.05) is 26.7 Å². The number of hydrogen-bond acceptors (Lipinski definition) is 3. The molecule has 0 radical (unpaired) electrons. The molecule has 0 spiro atoms. The minimum atomic E-state index is -0.990. The highest BCUT2D eigenvalue weighted by Crippen LogP contribution is 2.11. The minimum absolute atomic E-state index is 0.157. The molecule has 1 heterocycles. The van der Waals surface area contributed by atoms with Crippen molar-refractivity contribution in [3.05, 3.63) is 0 Å². The van der Waals surface area contributed by atoms with E-state index in [2.05, 4.69) is 17.1 Å². The summed E-state index contributed by atoms with van der Waals surface area (Å²) in [5, 5.41) is 11.8. The maximum Gasteiger partial charge on any atom is 0.326 e. The van der Waals surface area contributed by atoms with Gasteiger partial charge in [-0.1, -0.05) is 6.92 Å². The number of carboxylic acid groups (broad SMARTS) is 1.